The second kappa shape index (κ2) is 6.37. The molecule has 0 amide bonds. The van der Waals surface area contributed by atoms with Crippen LogP contribution >= 0.6 is 11.6 Å². The maximum Gasteiger partial charge on any atom is 0.332 e. The van der Waals surface area contributed by atoms with Crippen molar-refractivity contribution in [3.8, 4) is 16.9 Å². The molecule has 1 aliphatic rings. The number of methoxy groups -OCH3 is 1. The van der Waals surface area contributed by atoms with Gasteiger partial charge in [0.2, 0.25) is 0 Å². The molecule has 2 aromatic rings. The van der Waals surface area contributed by atoms with E-state index in [0.29, 0.717) is 22.0 Å². The predicted octanol–water partition coefficient (Wildman–Crippen LogP) is 3.88. The highest BCUT2D eigenvalue weighted by Crippen LogP contribution is 2.37. The summed E-state index contributed by atoms with van der Waals surface area (Å²) < 4.78 is 5.24. The lowest BCUT2D eigenvalue weighted by molar-refractivity contribution is -0.132. The predicted molar refractivity (Wildman–Crippen MR) is 95.0 cm³/mol. The molecule has 1 heterocycles. The van der Waals surface area contributed by atoms with Crippen molar-refractivity contribution in [1.82, 2.24) is 0 Å². The molecule has 0 radical (unpaired) electrons. The third-order valence-electron chi connectivity index (χ3n) is 3.76. The fraction of sp³-hybridized carbons (Fsp3) is 0.111. The Morgan fingerprint density at radius 1 is 1.33 bits per heavy atom. The average molecular weight is 343 g/mol. The van der Waals surface area contributed by atoms with E-state index < -0.39 is 5.97 Å². The highest BCUT2D eigenvalue weighted by Gasteiger charge is 2.16. The van der Waals surface area contributed by atoms with Crippen LogP contribution in [0.5, 0.6) is 5.75 Å². The molecule has 0 aromatic heterocycles. The maximum atomic E-state index is 11.3. The standard InChI is InChI=1S/C18H15ClN2O3/c1-24-15-4-2-3-13(17(15)19)10-5-6-14-11(7-10)8-12(18(22)23)9-16(20)21-14/h2-8H,9H2,1H3,(H2,20,21)(H,22,23). The first kappa shape index (κ1) is 16.1. The Balaban J connectivity index is 2.16. The summed E-state index contributed by atoms with van der Waals surface area (Å²) in [6.45, 7) is 0. The number of nitrogens with two attached hydrogens (primary N) is 1. The molecule has 1 aliphatic heterocycles. The molecule has 0 saturated heterocycles. The number of fused-ring (bicyclic) bond motifs is 1. The van der Waals surface area contributed by atoms with Crippen LogP contribution in [0.15, 0.2) is 47.0 Å². The minimum atomic E-state index is -1.01. The number of carboxylic acid groups (broad SMARTS) is 1. The normalized spacial score (nSPS) is 13.4. The molecule has 0 bridgehead atoms. The van der Waals surface area contributed by atoms with Gasteiger partial charge < -0.3 is 15.6 Å². The number of hydrogen-bond acceptors (Lipinski definition) is 4. The highest BCUT2D eigenvalue weighted by atomic mass is 35.5. The summed E-state index contributed by atoms with van der Waals surface area (Å²) in [5, 5.41) is 9.79. The molecule has 0 aliphatic carbocycles. The molecule has 5 nitrogen and oxygen atoms in total. The molecule has 0 saturated carbocycles. The van der Waals surface area contributed by atoms with Gasteiger partial charge in [0, 0.05) is 23.1 Å². The summed E-state index contributed by atoms with van der Waals surface area (Å²) in [5.41, 5.74) is 8.95. The van der Waals surface area contributed by atoms with Gasteiger partial charge in [-0.15, -0.1) is 0 Å². The van der Waals surface area contributed by atoms with Crippen LogP contribution in [-0.2, 0) is 4.79 Å². The number of hydrogen-bond donors (Lipinski definition) is 2. The van der Waals surface area contributed by atoms with E-state index in [-0.39, 0.29) is 17.8 Å². The van der Waals surface area contributed by atoms with Gasteiger partial charge in [0.1, 0.15) is 11.6 Å². The van der Waals surface area contributed by atoms with Crippen molar-refractivity contribution < 1.29 is 14.6 Å². The summed E-state index contributed by atoms with van der Waals surface area (Å²) in [5.74, 6) is -0.159. The molecule has 0 spiro atoms. The number of aliphatic imine (C=N–C) groups is 1. The molecule has 122 valence electrons. The minimum absolute atomic E-state index is 0.110. The average Bonchev–Trinajstić information content (AvgIpc) is 2.72. The Hall–Kier alpha value is -2.79. The number of halogens is 1. The zero-order chi connectivity index (χ0) is 17.3. The van der Waals surface area contributed by atoms with Gasteiger partial charge in [-0.25, -0.2) is 9.79 Å². The Labute approximate surface area is 144 Å². The number of amidine groups is 1. The lowest BCUT2D eigenvalue weighted by Gasteiger charge is -2.10. The number of ether oxygens (including phenoxy) is 1. The Kier molecular flexibility index (Phi) is 4.27. The summed E-state index contributed by atoms with van der Waals surface area (Å²) in [6.07, 6.45) is 1.71. The largest absolute Gasteiger partial charge is 0.495 e. The zero-order valence-corrected chi connectivity index (χ0v) is 13.7. The van der Waals surface area contributed by atoms with E-state index in [2.05, 4.69) is 4.99 Å². The van der Waals surface area contributed by atoms with Crippen molar-refractivity contribution in [2.75, 3.05) is 7.11 Å². The Bertz CT molecular complexity index is 888. The first-order valence-corrected chi connectivity index (χ1v) is 7.61. The van der Waals surface area contributed by atoms with Crippen molar-refractivity contribution in [2.45, 2.75) is 6.42 Å². The maximum absolute atomic E-state index is 11.3. The Morgan fingerprint density at radius 3 is 2.83 bits per heavy atom. The van der Waals surface area contributed by atoms with Crippen LogP contribution in [0.3, 0.4) is 0 Å². The van der Waals surface area contributed by atoms with Crippen molar-refractivity contribution in [3.05, 3.63) is 52.6 Å². The van der Waals surface area contributed by atoms with E-state index in [9.17, 15) is 9.90 Å². The summed E-state index contributed by atoms with van der Waals surface area (Å²) in [4.78, 5) is 15.6. The van der Waals surface area contributed by atoms with Gasteiger partial charge in [-0.1, -0.05) is 29.8 Å². The van der Waals surface area contributed by atoms with Crippen LogP contribution < -0.4 is 10.5 Å². The molecule has 3 rings (SSSR count). The molecule has 2 aromatic carbocycles. The fourth-order valence-electron chi connectivity index (χ4n) is 2.60. The van der Waals surface area contributed by atoms with Crippen LogP contribution in [0.2, 0.25) is 5.02 Å². The number of benzene rings is 2. The number of carbonyl (C=O) groups is 1. The number of aliphatic carboxylic acids is 1. The molecule has 0 atom stereocenters. The lowest BCUT2D eigenvalue weighted by atomic mass is 10.00. The van der Waals surface area contributed by atoms with E-state index in [1.807, 2.05) is 24.3 Å². The van der Waals surface area contributed by atoms with Crippen LogP contribution in [-0.4, -0.2) is 24.0 Å². The van der Waals surface area contributed by atoms with E-state index in [4.69, 9.17) is 22.1 Å². The van der Waals surface area contributed by atoms with Crippen molar-refractivity contribution in [2.24, 2.45) is 10.7 Å². The van der Waals surface area contributed by atoms with Gasteiger partial charge in [-0.2, -0.15) is 0 Å². The second-order valence-electron chi connectivity index (χ2n) is 5.35. The smallest absolute Gasteiger partial charge is 0.332 e. The molecule has 0 unspecified atom stereocenters. The number of carboxylic acids is 1. The number of nitrogens with zero attached hydrogens (tertiary/aromatic N) is 1. The Morgan fingerprint density at radius 2 is 2.12 bits per heavy atom. The van der Waals surface area contributed by atoms with Gasteiger partial charge in [-0.05, 0) is 29.8 Å². The topological polar surface area (TPSA) is 84.9 Å². The SMILES string of the molecule is COc1cccc(-c2ccc3c(c2)C=C(C(=O)O)CC(N)=N3)c1Cl. The molecule has 3 N–H and O–H groups in total. The summed E-state index contributed by atoms with van der Waals surface area (Å²) >= 11 is 6.38. The van der Waals surface area contributed by atoms with E-state index in [1.54, 1.807) is 25.3 Å². The van der Waals surface area contributed by atoms with Gasteiger partial charge >= 0.3 is 5.97 Å². The van der Waals surface area contributed by atoms with Gasteiger partial charge in [0.05, 0.1) is 17.8 Å². The first-order valence-electron chi connectivity index (χ1n) is 7.23. The van der Waals surface area contributed by atoms with Crippen LogP contribution in [0, 0.1) is 0 Å². The first-order chi connectivity index (χ1) is 11.5. The molecule has 24 heavy (non-hydrogen) atoms. The quantitative estimate of drug-likeness (QED) is 0.886. The molecular weight excluding hydrogens is 328 g/mol. The zero-order valence-electron chi connectivity index (χ0n) is 12.9. The van der Waals surface area contributed by atoms with Crippen LogP contribution in [0.1, 0.15) is 12.0 Å². The van der Waals surface area contributed by atoms with Crippen molar-refractivity contribution in [3.63, 3.8) is 0 Å². The van der Waals surface area contributed by atoms with Gasteiger partial charge in [0.25, 0.3) is 0 Å². The number of rotatable bonds is 3. The van der Waals surface area contributed by atoms with Crippen LogP contribution in [0.25, 0.3) is 17.2 Å². The second-order valence-corrected chi connectivity index (χ2v) is 5.73. The van der Waals surface area contributed by atoms with Gasteiger partial charge in [0.15, 0.2) is 0 Å². The molecular formula is C18H15ClN2O3. The summed E-state index contributed by atoms with van der Waals surface area (Å²) in [6, 6.07) is 11.0. The van der Waals surface area contributed by atoms with Gasteiger partial charge in [-0.3, -0.25) is 0 Å². The third kappa shape index (κ3) is 2.98. The van der Waals surface area contributed by atoms with Crippen LogP contribution in [0.4, 0.5) is 5.69 Å². The van der Waals surface area contributed by atoms with Crippen molar-refractivity contribution in [1.29, 1.82) is 0 Å². The lowest BCUT2D eigenvalue weighted by Crippen LogP contribution is -2.14. The minimum Gasteiger partial charge on any atom is -0.495 e. The highest BCUT2D eigenvalue weighted by molar-refractivity contribution is 6.34. The fourth-order valence-corrected chi connectivity index (χ4v) is 2.91. The summed E-state index contributed by atoms with van der Waals surface area (Å²) in [7, 11) is 1.56. The van der Waals surface area contributed by atoms with E-state index >= 15 is 0 Å². The monoisotopic (exact) mass is 342 g/mol. The van der Waals surface area contributed by atoms with Crippen molar-refractivity contribution >= 4 is 35.2 Å². The third-order valence-corrected chi connectivity index (χ3v) is 4.15. The molecule has 6 heteroatoms. The van der Waals surface area contributed by atoms with E-state index in [1.165, 1.54) is 0 Å². The molecule has 0 fully saturated rings. The van der Waals surface area contributed by atoms with E-state index in [0.717, 1.165) is 11.1 Å².